The largest absolute Gasteiger partial charge is 0.457 e. The fourth-order valence-electron chi connectivity index (χ4n) is 4.19. The minimum atomic E-state index is -0.642. The van der Waals surface area contributed by atoms with Crippen molar-refractivity contribution in [2.75, 3.05) is 17.2 Å². The maximum atomic E-state index is 12.5. The summed E-state index contributed by atoms with van der Waals surface area (Å²) in [5.41, 5.74) is 1.34. The molecule has 0 atom stereocenters. The Kier molecular flexibility index (Phi) is 13.3. The molecule has 0 heterocycles. The molecule has 40 heavy (non-hydrogen) atoms. The minimum absolute atomic E-state index is 0.0759. The number of hydrogen-bond donors (Lipinski definition) is 2. The molecule has 0 saturated carbocycles. The average molecular weight is 545 g/mol. The van der Waals surface area contributed by atoms with Crippen LogP contribution in [0, 0.1) is 0 Å². The normalized spacial score (nSPS) is 10.5. The van der Waals surface area contributed by atoms with E-state index in [2.05, 4.69) is 17.6 Å². The zero-order chi connectivity index (χ0) is 28.4. The van der Waals surface area contributed by atoms with Crippen molar-refractivity contribution in [1.29, 1.82) is 0 Å². The van der Waals surface area contributed by atoms with Crippen molar-refractivity contribution in [3.05, 3.63) is 84.4 Å². The van der Waals surface area contributed by atoms with Crippen LogP contribution < -0.4 is 15.4 Å². The highest BCUT2D eigenvalue weighted by molar-refractivity contribution is 5.97. The number of hydrogen-bond acceptors (Lipinski definition) is 5. The van der Waals surface area contributed by atoms with Crippen molar-refractivity contribution < 1.29 is 23.9 Å². The molecule has 7 nitrogen and oxygen atoms in total. The van der Waals surface area contributed by atoms with Gasteiger partial charge in [-0.2, -0.15) is 0 Å². The van der Waals surface area contributed by atoms with E-state index in [1.54, 1.807) is 48.5 Å². The van der Waals surface area contributed by atoms with Gasteiger partial charge in [0.2, 0.25) is 5.91 Å². The molecular formula is C33H40N2O5. The van der Waals surface area contributed by atoms with E-state index >= 15 is 0 Å². The Hall–Kier alpha value is -4.13. The molecular weight excluding hydrogens is 504 g/mol. The van der Waals surface area contributed by atoms with Gasteiger partial charge in [0.1, 0.15) is 11.5 Å². The van der Waals surface area contributed by atoms with Crippen LogP contribution in [-0.4, -0.2) is 24.4 Å². The van der Waals surface area contributed by atoms with Gasteiger partial charge < -0.3 is 20.1 Å². The van der Waals surface area contributed by atoms with Gasteiger partial charge in [-0.15, -0.1) is 0 Å². The summed E-state index contributed by atoms with van der Waals surface area (Å²) in [7, 11) is 0. The summed E-state index contributed by atoms with van der Waals surface area (Å²) in [6.07, 6.45) is 11.2. The summed E-state index contributed by atoms with van der Waals surface area (Å²) < 4.78 is 10.9. The summed E-state index contributed by atoms with van der Waals surface area (Å²) in [6.45, 7) is 1.79. The third-order valence-electron chi connectivity index (χ3n) is 6.34. The van der Waals surface area contributed by atoms with Crippen LogP contribution in [0.15, 0.2) is 78.9 Å². The van der Waals surface area contributed by atoms with Gasteiger partial charge in [0.05, 0.1) is 5.56 Å². The molecule has 2 amide bonds. The van der Waals surface area contributed by atoms with Crippen LogP contribution >= 0.6 is 0 Å². The molecule has 0 unspecified atom stereocenters. The summed E-state index contributed by atoms with van der Waals surface area (Å²) in [5.74, 6) is 0.171. The second-order valence-electron chi connectivity index (χ2n) is 9.77. The Labute approximate surface area is 237 Å². The zero-order valence-corrected chi connectivity index (χ0v) is 23.3. The highest BCUT2D eigenvalue weighted by atomic mass is 16.5. The molecule has 3 rings (SSSR count). The fraction of sp³-hybridized carbons (Fsp3) is 0.364. The van der Waals surface area contributed by atoms with Gasteiger partial charge in [0.15, 0.2) is 6.61 Å². The zero-order valence-electron chi connectivity index (χ0n) is 23.3. The maximum Gasteiger partial charge on any atom is 0.338 e. The van der Waals surface area contributed by atoms with E-state index in [0.717, 1.165) is 19.3 Å². The SMILES string of the molecule is CCCCCCCCCCCC(=O)Nc1cccc(C(=O)OCC(=O)Nc2ccc(Oc3ccccc3)cc2)c1. The molecule has 3 aromatic rings. The average Bonchev–Trinajstić information content (AvgIpc) is 2.97. The first-order valence-corrected chi connectivity index (χ1v) is 14.2. The van der Waals surface area contributed by atoms with Gasteiger partial charge in [-0.3, -0.25) is 9.59 Å². The highest BCUT2D eigenvalue weighted by Crippen LogP contribution is 2.22. The summed E-state index contributed by atoms with van der Waals surface area (Å²) >= 11 is 0. The van der Waals surface area contributed by atoms with Crippen molar-refractivity contribution in [3.8, 4) is 11.5 Å². The molecule has 0 aromatic heterocycles. The van der Waals surface area contributed by atoms with Crippen molar-refractivity contribution in [3.63, 3.8) is 0 Å². The van der Waals surface area contributed by atoms with Crippen molar-refractivity contribution >= 4 is 29.2 Å². The van der Waals surface area contributed by atoms with Crippen LogP contribution in [0.5, 0.6) is 11.5 Å². The molecule has 3 aromatic carbocycles. The first-order valence-electron chi connectivity index (χ1n) is 14.2. The Morgan fingerprint density at radius 2 is 1.25 bits per heavy atom. The van der Waals surface area contributed by atoms with Crippen LogP contribution in [-0.2, 0) is 14.3 Å². The maximum absolute atomic E-state index is 12.5. The van der Waals surface area contributed by atoms with Crippen molar-refractivity contribution in [2.24, 2.45) is 0 Å². The quantitative estimate of drug-likeness (QED) is 0.132. The van der Waals surface area contributed by atoms with E-state index in [0.29, 0.717) is 29.3 Å². The Bertz CT molecular complexity index is 1190. The molecule has 0 saturated heterocycles. The molecule has 7 heteroatoms. The van der Waals surface area contributed by atoms with E-state index in [-0.39, 0.29) is 11.5 Å². The van der Waals surface area contributed by atoms with E-state index < -0.39 is 18.5 Å². The van der Waals surface area contributed by atoms with Gasteiger partial charge in [0.25, 0.3) is 5.91 Å². The van der Waals surface area contributed by atoms with E-state index in [1.807, 2.05) is 30.3 Å². The second kappa shape index (κ2) is 17.5. The lowest BCUT2D eigenvalue weighted by Gasteiger charge is -2.09. The van der Waals surface area contributed by atoms with Crippen LogP contribution in [0.4, 0.5) is 11.4 Å². The predicted octanol–water partition coefficient (Wildman–Crippen LogP) is 8.13. The number of carbonyl (C=O) groups is 3. The summed E-state index contributed by atoms with van der Waals surface area (Å²) in [4.78, 5) is 37.1. The van der Waals surface area contributed by atoms with Crippen LogP contribution in [0.3, 0.4) is 0 Å². The van der Waals surface area contributed by atoms with E-state index in [4.69, 9.17) is 9.47 Å². The number of benzene rings is 3. The number of para-hydroxylation sites is 1. The smallest absolute Gasteiger partial charge is 0.338 e. The number of nitrogens with one attached hydrogen (secondary N) is 2. The Morgan fingerprint density at radius 3 is 1.95 bits per heavy atom. The lowest BCUT2D eigenvalue weighted by Crippen LogP contribution is -2.21. The standard InChI is InChI=1S/C33H40N2O5/c1-2-3-4-5-6-7-8-9-13-19-31(36)35-28-16-14-15-26(24-28)33(38)39-25-32(37)34-27-20-22-30(23-21-27)40-29-17-11-10-12-18-29/h10-12,14-18,20-24H,2-9,13,19,25H2,1H3,(H,34,37)(H,35,36). The number of esters is 1. The fourth-order valence-corrected chi connectivity index (χ4v) is 4.19. The van der Waals surface area contributed by atoms with E-state index in [1.165, 1.54) is 38.5 Å². The Morgan fingerprint density at radius 1 is 0.625 bits per heavy atom. The number of ether oxygens (including phenoxy) is 2. The lowest BCUT2D eigenvalue weighted by molar-refractivity contribution is -0.119. The van der Waals surface area contributed by atoms with Crippen LogP contribution in [0.2, 0.25) is 0 Å². The third-order valence-corrected chi connectivity index (χ3v) is 6.34. The molecule has 0 aliphatic heterocycles. The molecule has 0 spiro atoms. The lowest BCUT2D eigenvalue weighted by atomic mass is 10.1. The molecule has 0 aliphatic carbocycles. The monoisotopic (exact) mass is 544 g/mol. The number of rotatable bonds is 17. The van der Waals surface area contributed by atoms with Gasteiger partial charge in [-0.25, -0.2) is 4.79 Å². The molecule has 0 radical (unpaired) electrons. The third kappa shape index (κ3) is 11.7. The molecule has 0 bridgehead atoms. The second-order valence-corrected chi connectivity index (χ2v) is 9.77. The predicted molar refractivity (Wildman–Crippen MR) is 159 cm³/mol. The van der Waals surface area contributed by atoms with Crippen molar-refractivity contribution in [2.45, 2.75) is 71.1 Å². The summed E-state index contributed by atoms with van der Waals surface area (Å²) in [5, 5.41) is 5.54. The number of anilines is 2. The number of unbranched alkanes of at least 4 members (excludes halogenated alkanes) is 8. The Balaban J connectivity index is 1.34. The van der Waals surface area contributed by atoms with Gasteiger partial charge in [0, 0.05) is 17.8 Å². The number of amides is 2. The first kappa shape index (κ1) is 30.4. The molecule has 0 aliphatic rings. The van der Waals surface area contributed by atoms with Crippen LogP contribution in [0.25, 0.3) is 0 Å². The van der Waals surface area contributed by atoms with Crippen molar-refractivity contribution in [1.82, 2.24) is 0 Å². The number of carbonyl (C=O) groups excluding carboxylic acids is 3. The molecule has 2 N–H and O–H groups in total. The highest BCUT2D eigenvalue weighted by Gasteiger charge is 2.12. The van der Waals surface area contributed by atoms with E-state index in [9.17, 15) is 14.4 Å². The van der Waals surface area contributed by atoms with Gasteiger partial charge >= 0.3 is 5.97 Å². The first-order chi connectivity index (χ1) is 19.5. The topological polar surface area (TPSA) is 93.7 Å². The molecule has 0 fully saturated rings. The molecule has 212 valence electrons. The summed E-state index contributed by atoms with van der Waals surface area (Å²) in [6, 6.07) is 22.8. The van der Waals surface area contributed by atoms with Gasteiger partial charge in [-0.05, 0) is 61.0 Å². The minimum Gasteiger partial charge on any atom is -0.457 e. The van der Waals surface area contributed by atoms with Crippen LogP contribution in [0.1, 0.15) is 81.5 Å². The van der Waals surface area contributed by atoms with Gasteiger partial charge in [-0.1, -0.05) is 82.6 Å².